The highest BCUT2D eigenvalue weighted by Gasteiger charge is 2.29. The van der Waals surface area contributed by atoms with E-state index in [0.29, 0.717) is 5.41 Å². The van der Waals surface area contributed by atoms with E-state index in [1.165, 1.54) is 25.7 Å². The molecule has 0 saturated carbocycles. The maximum atomic E-state index is 11.0. The maximum Gasteiger partial charge on any atom is 0.469 e. The molecule has 0 bridgehead atoms. The van der Waals surface area contributed by atoms with E-state index in [4.69, 9.17) is 24.2 Å². The van der Waals surface area contributed by atoms with Crippen molar-refractivity contribution >= 4 is 7.82 Å². The predicted molar refractivity (Wildman–Crippen MR) is 119 cm³/mol. The zero-order valence-corrected chi connectivity index (χ0v) is 20.2. The Balaban J connectivity index is 3.99. The molecule has 0 rings (SSSR count). The van der Waals surface area contributed by atoms with Crippen molar-refractivity contribution in [3.8, 4) is 0 Å². The summed E-state index contributed by atoms with van der Waals surface area (Å²) in [6.07, 6.45) is 12.3. The minimum Gasteiger partial charge on any atom is -0.396 e. The van der Waals surface area contributed by atoms with Crippen LogP contribution < -0.4 is 0 Å². The van der Waals surface area contributed by atoms with Gasteiger partial charge in [-0.15, -0.1) is 0 Å². The zero-order valence-electron chi connectivity index (χ0n) is 19.3. The number of phosphoric ester groups is 1. The number of hydrogen-bond acceptors (Lipinski definition) is 4. The second-order valence-electron chi connectivity index (χ2n) is 8.53. The fourth-order valence-corrected chi connectivity index (χ4v) is 4.59. The van der Waals surface area contributed by atoms with E-state index in [2.05, 4.69) is 27.7 Å². The minimum absolute atomic E-state index is 0.109. The van der Waals surface area contributed by atoms with E-state index in [9.17, 15) is 4.57 Å². The summed E-state index contributed by atoms with van der Waals surface area (Å²) < 4.78 is 21.6. The third-order valence-corrected chi connectivity index (χ3v) is 7.36. The van der Waals surface area contributed by atoms with Crippen molar-refractivity contribution in [1.29, 1.82) is 0 Å². The van der Waals surface area contributed by atoms with Gasteiger partial charge in [0.05, 0.1) is 6.61 Å². The average molecular weight is 439 g/mol. The van der Waals surface area contributed by atoms with Crippen molar-refractivity contribution in [2.75, 3.05) is 26.4 Å². The average Bonchev–Trinajstić information content (AvgIpc) is 2.71. The van der Waals surface area contributed by atoms with Crippen LogP contribution in [0.15, 0.2) is 0 Å². The fraction of sp³-hybridized carbons (Fsp3) is 1.00. The lowest BCUT2D eigenvalue weighted by molar-refractivity contribution is 0.0810. The van der Waals surface area contributed by atoms with E-state index in [1.807, 2.05) is 0 Å². The lowest BCUT2D eigenvalue weighted by Gasteiger charge is -2.32. The van der Waals surface area contributed by atoms with Crippen molar-refractivity contribution in [2.45, 2.75) is 105 Å². The molecular formula is C22H47O6P. The first-order chi connectivity index (χ1) is 13.7. The molecule has 3 N–H and O–H groups in total. The Bertz CT molecular complexity index is 429. The van der Waals surface area contributed by atoms with Gasteiger partial charge in [0, 0.05) is 19.8 Å². The fourth-order valence-electron chi connectivity index (χ4n) is 4.15. The highest BCUT2D eigenvalue weighted by Crippen LogP contribution is 2.42. The third-order valence-electron chi connectivity index (χ3n) is 6.90. The third kappa shape index (κ3) is 13.1. The molecule has 0 heterocycles. The van der Waals surface area contributed by atoms with Crippen LogP contribution in [0.4, 0.5) is 0 Å². The molecule has 0 spiro atoms. The Labute approximate surface area is 179 Å². The molecule has 0 fully saturated rings. The second-order valence-corrected chi connectivity index (χ2v) is 9.77. The molecule has 0 amide bonds. The number of phosphoric acid groups is 1. The van der Waals surface area contributed by atoms with Crippen LogP contribution in [0, 0.1) is 10.8 Å². The quantitative estimate of drug-likeness (QED) is 0.163. The van der Waals surface area contributed by atoms with Crippen molar-refractivity contribution in [2.24, 2.45) is 10.8 Å². The van der Waals surface area contributed by atoms with Gasteiger partial charge in [0.2, 0.25) is 0 Å². The SMILES string of the molecule is CCC(CC)(CCCO)CCCCOCCCCC(CC)(CC)COP(=O)(O)O. The van der Waals surface area contributed by atoms with E-state index in [-0.39, 0.29) is 18.6 Å². The van der Waals surface area contributed by atoms with Gasteiger partial charge in [-0.25, -0.2) is 4.57 Å². The van der Waals surface area contributed by atoms with Crippen molar-refractivity contribution in [3.05, 3.63) is 0 Å². The molecule has 6 nitrogen and oxygen atoms in total. The van der Waals surface area contributed by atoms with E-state index < -0.39 is 7.82 Å². The first-order valence-corrected chi connectivity index (χ1v) is 13.1. The summed E-state index contributed by atoms with van der Waals surface area (Å²) >= 11 is 0. The van der Waals surface area contributed by atoms with Crippen LogP contribution in [0.2, 0.25) is 0 Å². The van der Waals surface area contributed by atoms with Crippen LogP contribution in [-0.4, -0.2) is 41.3 Å². The van der Waals surface area contributed by atoms with Gasteiger partial charge in [0.15, 0.2) is 0 Å². The van der Waals surface area contributed by atoms with E-state index >= 15 is 0 Å². The van der Waals surface area contributed by atoms with Crippen molar-refractivity contribution in [1.82, 2.24) is 0 Å². The smallest absolute Gasteiger partial charge is 0.396 e. The molecule has 0 aromatic rings. The number of ether oxygens (including phenoxy) is 1. The van der Waals surface area contributed by atoms with Crippen LogP contribution in [-0.2, 0) is 13.8 Å². The summed E-state index contributed by atoms with van der Waals surface area (Å²) in [4.78, 5) is 17.9. The van der Waals surface area contributed by atoms with Crippen LogP contribution in [0.5, 0.6) is 0 Å². The van der Waals surface area contributed by atoms with Gasteiger partial charge < -0.3 is 19.6 Å². The first-order valence-electron chi connectivity index (χ1n) is 11.6. The summed E-state index contributed by atoms with van der Waals surface area (Å²) in [6, 6.07) is 0. The highest BCUT2D eigenvalue weighted by atomic mass is 31.2. The van der Waals surface area contributed by atoms with Gasteiger partial charge in [-0.3, -0.25) is 4.52 Å². The lowest BCUT2D eigenvalue weighted by Crippen LogP contribution is -2.25. The molecule has 0 aliphatic rings. The first kappa shape index (κ1) is 29.0. The normalized spacial score (nSPS) is 13.2. The van der Waals surface area contributed by atoms with E-state index in [1.54, 1.807) is 0 Å². The monoisotopic (exact) mass is 438 g/mol. The molecule has 0 unspecified atom stereocenters. The van der Waals surface area contributed by atoms with Crippen LogP contribution in [0.3, 0.4) is 0 Å². The topological polar surface area (TPSA) is 96.2 Å². The van der Waals surface area contributed by atoms with Gasteiger partial charge in [-0.1, -0.05) is 53.4 Å². The Morgan fingerprint density at radius 1 is 0.724 bits per heavy atom. The Morgan fingerprint density at radius 2 is 1.17 bits per heavy atom. The van der Waals surface area contributed by atoms with Crippen molar-refractivity contribution in [3.63, 3.8) is 0 Å². The minimum atomic E-state index is -4.41. The molecule has 0 aliphatic carbocycles. The maximum absolute atomic E-state index is 11.0. The summed E-state index contributed by atoms with van der Waals surface area (Å²) in [7, 11) is -4.41. The Kier molecular flexibility index (Phi) is 15.8. The molecular weight excluding hydrogens is 391 g/mol. The molecule has 0 atom stereocenters. The molecule has 0 aliphatic heterocycles. The summed E-state index contributed by atoms with van der Waals surface area (Å²) in [5.74, 6) is 0. The molecule has 176 valence electrons. The number of unbranched alkanes of at least 4 members (excludes halogenated alkanes) is 2. The standard InChI is InChI=1S/C22H47O6P/c1-5-21(6-2,16-13-17-23)14-9-11-18-27-19-12-10-15-22(7-3,8-4)20-28-29(24,25)26/h23H,5-20H2,1-4H3,(H2,24,25,26). The highest BCUT2D eigenvalue weighted by molar-refractivity contribution is 7.46. The number of hydrogen-bond donors (Lipinski definition) is 3. The molecule has 0 saturated heterocycles. The van der Waals surface area contributed by atoms with Crippen LogP contribution >= 0.6 is 7.82 Å². The number of rotatable bonds is 20. The van der Waals surface area contributed by atoms with Gasteiger partial charge in [-0.2, -0.15) is 0 Å². The van der Waals surface area contributed by atoms with Gasteiger partial charge in [-0.05, 0) is 62.2 Å². The Hall–Kier alpha value is 0.0300. The summed E-state index contributed by atoms with van der Waals surface area (Å²) in [5, 5.41) is 9.12. The number of aliphatic hydroxyl groups is 1. The molecule has 7 heteroatoms. The second kappa shape index (κ2) is 15.8. The zero-order chi connectivity index (χ0) is 22.2. The van der Waals surface area contributed by atoms with Gasteiger partial charge in [0.25, 0.3) is 0 Å². The van der Waals surface area contributed by atoms with Gasteiger partial charge >= 0.3 is 7.82 Å². The number of aliphatic hydroxyl groups excluding tert-OH is 1. The molecule has 0 aromatic heterocycles. The van der Waals surface area contributed by atoms with E-state index in [0.717, 1.165) is 64.6 Å². The molecule has 29 heavy (non-hydrogen) atoms. The Morgan fingerprint density at radius 3 is 1.59 bits per heavy atom. The lowest BCUT2D eigenvalue weighted by atomic mass is 9.74. The summed E-state index contributed by atoms with van der Waals surface area (Å²) in [6.45, 7) is 10.5. The largest absolute Gasteiger partial charge is 0.469 e. The van der Waals surface area contributed by atoms with Crippen molar-refractivity contribution < 1.29 is 28.7 Å². The molecule has 0 radical (unpaired) electrons. The predicted octanol–water partition coefficient (Wildman–Crippen LogP) is 5.84. The van der Waals surface area contributed by atoms with Crippen LogP contribution in [0.1, 0.15) is 105 Å². The summed E-state index contributed by atoms with van der Waals surface area (Å²) in [5.41, 5.74) is 0.209. The van der Waals surface area contributed by atoms with Crippen LogP contribution in [0.25, 0.3) is 0 Å². The molecule has 0 aromatic carbocycles. The van der Waals surface area contributed by atoms with Gasteiger partial charge in [0.1, 0.15) is 0 Å².